The summed E-state index contributed by atoms with van der Waals surface area (Å²) in [4.78, 5) is 11.6. The molecule has 2 atom stereocenters. The molecule has 1 aliphatic rings. The molecular formula is C29H41NO6S. The van der Waals surface area contributed by atoms with Crippen molar-refractivity contribution in [2.24, 2.45) is 0 Å². The van der Waals surface area contributed by atoms with Crippen LogP contribution in [0.3, 0.4) is 0 Å². The molecule has 0 unspecified atom stereocenters. The van der Waals surface area contributed by atoms with Crippen LogP contribution in [0.4, 0.5) is 0 Å². The van der Waals surface area contributed by atoms with E-state index in [1.165, 1.54) is 0 Å². The molecule has 1 aliphatic heterocycles. The summed E-state index contributed by atoms with van der Waals surface area (Å²) in [6, 6.07) is 13.8. The number of rotatable bonds is 14. The fourth-order valence-electron chi connectivity index (χ4n) is 4.21. The molecule has 8 heteroatoms. The van der Waals surface area contributed by atoms with Crippen LogP contribution in [-0.4, -0.2) is 39.9 Å². The van der Waals surface area contributed by atoms with Gasteiger partial charge in [-0.3, -0.25) is 8.98 Å². The SMILES string of the molecule is CC(C)c1cc(C(C)C)c(S(=O)(=O)OC[C@H](CCOCc2ccccc2)O[C@H]2CC(=O)N2)c(C(C)C)c1. The molecule has 7 nitrogen and oxygen atoms in total. The zero-order valence-corrected chi connectivity index (χ0v) is 23.6. The van der Waals surface area contributed by atoms with Crippen molar-refractivity contribution in [1.29, 1.82) is 0 Å². The minimum absolute atomic E-state index is 0.00759. The van der Waals surface area contributed by atoms with E-state index in [-0.39, 0.29) is 41.6 Å². The third-order valence-corrected chi connectivity index (χ3v) is 7.90. The first-order valence-corrected chi connectivity index (χ1v) is 14.5. The fraction of sp³-hybridized carbons (Fsp3) is 0.552. The number of β-lactam (4-membered cyclic amide) rings is 1. The lowest BCUT2D eigenvalue weighted by molar-refractivity contribution is -0.149. The molecule has 0 aliphatic carbocycles. The molecule has 1 saturated heterocycles. The van der Waals surface area contributed by atoms with E-state index in [1.54, 1.807) is 0 Å². The molecule has 1 N–H and O–H groups in total. The van der Waals surface area contributed by atoms with Crippen LogP contribution in [0.5, 0.6) is 0 Å². The van der Waals surface area contributed by atoms with E-state index < -0.39 is 22.4 Å². The molecule has 37 heavy (non-hydrogen) atoms. The predicted octanol–water partition coefficient (Wildman–Crippen LogP) is 5.60. The fourth-order valence-corrected chi connectivity index (χ4v) is 5.83. The Labute approximate surface area is 222 Å². The maximum Gasteiger partial charge on any atom is 0.297 e. The highest BCUT2D eigenvalue weighted by atomic mass is 32.2. The van der Waals surface area contributed by atoms with Crippen LogP contribution in [0.15, 0.2) is 47.4 Å². The monoisotopic (exact) mass is 531 g/mol. The minimum Gasteiger partial charge on any atom is -0.377 e. The lowest BCUT2D eigenvalue weighted by Gasteiger charge is -2.31. The van der Waals surface area contributed by atoms with Gasteiger partial charge in [0.05, 0.1) is 25.7 Å². The molecule has 204 valence electrons. The average Bonchev–Trinajstić information content (AvgIpc) is 2.83. The van der Waals surface area contributed by atoms with Crippen molar-refractivity contribution in [3.05, 3.63) is 64.7 Å². The number of carbonyl (C=O) groups excluding carboxylic acids is 1. The van der Waals surface area contributed by atoms with Gasteiger partial charge in [-0.2, -0.15) is 8.42 Å². The van der Waals surface area contributed by atoms with Crippen LogP contribution in [0.2, 0.25) is 0 Å². The number of hydrogen-bond donors (Lipinski definition) is 1. The second-order valence-electron chi connectivity index (χ2n) is 10.6. The van der Waals surface area contributed by atoms with E-state index in [4.69, 9.17) is 13.7 Å². The van der Waals surface area contributed by atoms with Gasteiger partial charge in [-0.1, -0.05) is 84.0 Å². The first-order valence-electron chi connectivity index (χ1n) is 13.1. The van der Waals surface area contributed by atoms with Crippen molar-refractivity contribution < 1.29 is 26.9 Å². The highest BCUT2D eigenvalue weighted by molar-refractivity contribution is 7.86. The first kappa shape index (κ1) is 29.3. The highest BCUT2D eigenvalue weighted by Crippen LogP contribution is 2.36. The van der Waals surface area contributed by atoms with Gasteiger partial charge in [0.15, 0.2) is 0 Å². The molecule has 0 radical (unpaired) electrons. The zero-order chi connectivity index (χ0) is 27.2. The topological polar surface area (TPSA) is 90.9 Å². The van der Waals surface area contributed by atoms with Gasteiger partial charge in [-0.15, -0.1) is 0 Å². The van der Waals surface area contributed by atoms with Crippen LogP contribution in [0.25, 0.3) is 0 Å². The predicted molar refractivity (Wildman–Crippen MR) is 144 cm³/mol. The van der Waals surface area contributed by atoms with E-state index in [0.29, 0.717) is 19.6 Å². The Morgan fingerprint density at radius 3 is 2.05 bits per heavy atom. The van der Waals surface area contributed by atoms with Crippen molar-refractivity contribution in [1.82, 2.24) is 5.32 Å². The zero-order valence-electron chi connectivity index (χ0n) is 22.8. The highest BCUT2D eigenvalue weighted by Gasteiger charge is 2.32. The lowest BCUT2D eigenvalue weighted by atomic mass is 9.89. The summed E-state index contributed by atoms with van der Waals surface area (Å²) in [5, 5.41) is 2.68. The Bertz CT molecular complexity index is 1110. The second kappa shape index (κ2) is 13.0. The van der Waals surface area contributed by atoms with Crippen molar-refractivity contribution in [3.8, 4) is 0 Å². The Morgan fingerprint density at radius 1 is 0.946 bits per heavy atom. The van der Waals surface area contributed by atoms with E-state index in [9.17, 15) is 13.2 Å². The maximum atomic E-state index is 13.6. The Balaban J connectivity index is 1.75. The summed E-state index contributed by atoms with van der Waals surface area (Å²) in [5.74, 6) is 0.200. The molecule has 2 aromatic rings. The second-order valence-corrected chi connectivity index (χ2v) is 12.1. The largest absolute Gasteiger partial charge is 0.377 e. The van der Waals surface area contributed by atoms with Crippen molar-refractivity contribution in [2.45, 2.75) is 96.0 Å². The van der Waals surface area contributed by atoms with Gasteiger partial charge in [0, 0.05) is 6.61 Å². The normalized spacial score (nSPS) is 16.8. The first-order chi connectivity index (χ1) is 17.5. The van der Waals surface area contributed by atoms with Gasteiger partial charge in [0.2, 0.25) is 5.91 Å². The summed E-state index contributed by atoms with van der Waals surface area (Å²) in [7, 11) is -4.07. The molecule has 3 rings (SSSR count). The summed E-state index contributed by atoms with van der Waals surface area (Å²) in [5.41, 5.74) is 3.70. The van der Waals surface area contributed by atoms with E-state index in [2.05, 4.69) is 19.2 Å². The smallest absolute Gasteiger partial charge is 0.297 e. The van der Waals surface area contributed by atoms with Gasteiger partial charge in [0.25, 0.3) is 10.1 Å². The van der Waals surface area contributed by atoms with Gasteiger partial charge < -0.3 is 14.8 Å². The lowest BCUT2D eigenvalue weighted by Crippen LogP contribution is -2.52. The average molecular weight is 532 g/mol. The Kier molecular flexibility index (Phi) is 10.3. The maximum absolute atomic E-state index is 13.6. The number of ether oxygens (including phenoxy) is 2. The molecule has 0 bridgehead atoms. The Hall–Kier alpha value is -2.26. The molecule has 1 fully saturated rings. The molecular weight excluding hydrogens is 490 g/mol. The molecule has 0 spiro atoms. The summed E-state index contributed by atoms with van der Waals surface area (Å²) in [6.45, 7) is 12.9. The number of nitrogens with one attached hydrogen (secondary N) is 1. The van der Waals surface area contributed by atoms with E-state index >= 15 is 0 Å². The summed E-state index contributed by atoms with van der Waals surface area (Å²) < 4.78 is 44.6. The van der Waals surface area contributed by atoms with E-state index in [0.717, 1.165) is 22.3 Å². The van der Waals surface area contributed by atoms with Crippen molar-refractivity contribution in [2.75, 3.05) is 13.2 Å². The number of amides is 1. The standard InChI is InChI=1S/C29H41NO6S/c1-19(2)23-14-25(20(3)4)29(26(15-23)21(5)6)37(32,33)35-18-24(36-28-16-27(31)30-28)12-13-34-17-22-10-8-7-9-11-22/h7-11,14-15,19-21,24,28H,12-13,16-18H2,1-6H3,(H,30,31)/t24-,28-/m0/s1. The molecule has 0 saturated carbocycles. The number of benzene rings is 2. The van der Waals surface area contributed by atoms with Crippen LogP contribution in [-0.2, 0) is 35.2 Å². The molecule has 0 aromatic heterocycles. The van der Waals surface area contributed by atoms with Crippen molar-refractivity contribution >= 4 is 16.0 Å². The van der Waals surface area contributed by atoms with Gasteiger partial charge in [-0.25, -0.2) is 0 Å². The Morgan fingerprint density at radius 2 is 1.54 bits per heavy atom. The quantitative estimate of drug-likeness (QED) is 0.194. The van der Waals surface area contributed by atoms with Crippen molar-refractivity contribution in [3.63, 3.8) is 0 Å². The molecule has 1 amide bonds. The molecule has 1 heterocycles. The number of carbonyl (C=O) groups is 1. The summed E-state index contributed by atoms with van der Waals surface area (Å²) >= 11 is 0. The van der Waals surface area contributed by atoms with Gasteiger partial charge >= 0.3 is 0 Å². The van der Waals surface area contributed by atoms with Crippen LogP contribution in [0, 0.1) is 0 Å². The molecule has 2 aromatic carbocycles. The minimum atomic E-state index is -4.07. The summed E-state index contributed by atoms with van der Waals surface area (Å²) in [6.07, 6.45) is -0.328. The van der Waals surface area contributed by atoms with E-state index in [1.807, 2.05) is 70.2 Å². The third-order valence-electron chi connectivity index (χ3n) is 6.48. The third kappa shape index (κ3) is 8.11. The van der Waals surface area contributed by atoms with Crippen LogP contribution < -0.4 is 5.32 Å². The van der Waals surface area contributed by atoms with Crippen LogP contribution >= 0.6 is 0 Å². The van der Waals surface area contributed by atoms with Gasteiger partial charge in [0.1, 0.15) is 11.1 Å². The van der Waals surface area contributed by atoms with Gasteiger partial charge in [-0.05, 0) is 46.4 Å². The number of hydrogen-bond acceptors (Lipinski definition) is 6. The van der Waals surface area contributed by atoms with Crippen LogP contribution in [0.1, 0.15) is 94.4 Å².